The number of likely N-dealkylation sites (N-methyl/N-ethyl adjacent to an activating group) is 1. The normalized spacial score (nSPS) is 12.2. The fourth-order valence-corrected chi connectivity index (χ4v) is 3.06. The van der Waals surface area contributed by atoms with E-state index in [-0.39, 0.29) is 18.5 Å². The first kappa shape index (κ1) is 20.1. The monoisotopic (exact) mass is 377 g/mol. The van der Waals surface area contributed by atoms with E-state index in [0.717, 1.165) is 24.4 Å². The summed E-state index contributed by atoms with van der Waals surface area (Å²) in [6.07, 6.45) is 0. The minimum absolute atomic E-state index is 0.0868. The number of carbonyl (C=O) groups is 1. The lowest BCUT2D eigenvalue weighted by atomic mass is 10.2. The summed E-state index contributed by atoms with van der Waals surface area (Å²) in [7, 11) is 1.62. The molecule has 0 aliphatic rings. The molecule has 1 unspecified atom stereocenters. The maximum Gasteiger partial charge on any atom is 0.240 e. The minimum atomic E-state index is -0.0868. The summed E-state index contributed by atoms with van der Waals surface area (Å²) in [6, 6.07) is 7.76. The molecule has 0 fully saturated rings. The molecule has 1 aromatic carbocycles. The van der Waals surface area contributed by atoms with E-state index in [1.165, 1.54) is 0 Å². The summed E-state index contributed by atoms with van der Waals surface area (Å²) in [6.45, 7) is 9.00. The predicted octanol–water partition coefficient (Wildman–Crippen LogP) is 2.46. The van der Waals surface area contributed by atoms with Gasteiger partial charge >= 0.3 is 0 Å². The number of nitrogens with one attached hydrogen (secondary N) is 2. The van der Waals surface area contributed by atoms with Crippen LogP contribution >= 0.6 is 12.2 Å². The minimum Gasteiger partial charge on any atom is -0.497 e. The Labute approximate surface area is 159 Å². The van der Waals surface area contributed by atoms with Crippen LogP contribution in [0, 0.1) is 4.77 Å². The molecular formula is C18H27N5O2S. The molecule has 0 bridgehead atoms. The zero-order valence-corrected chi connectivity index (χ0v) is 16.6. The van der Waals surface area contributed by atoms with Crippen molar-refractivity contribution in [3.63, 3.8) is 0 Å². The average Bonchev–Trinajstić information content (AvgIpc) is 3.01. The van der Waals surface area contributed by atoms with Crippen molar-refractivity contribution in [1.82, 2.24) is 25.0 Å². The van der Waals surface area contributed by atoms with E-state index in [2.05, 4.69) is 41.2 Å². The van der Waals surface area contributed by atoms with E-state index in [1.807, 2.05) is 24.3 Å². The molecule has 0 aliphatic heterocycles. The zero-order chi connectivity index (χ0) is 19.1. The van der Waals surface area contributed by atoms with Gasteiger partial charge in [0, 0.05) is 18.2 Å². The van der Waals surface area contributed by atoms with Gasteiger partial charge in [-0.05, 0) is 56.5 Å². The van der Waals surface area contributed by atoms with Gasteiger partial charge in [-0.1, -0.05) is 13.8 Å². The molecular weight excluding hydrogens is 350 g/mol. The van der Waals surface area contributed by atoms with Crippen LogP contribution in [0.25, 0.3) is 11.4 Å². The van der Waals surface area contributed by atoms with E-state index in [9.17, 15) is 4.79 Å². The van der Waals surface area contributed by atoms with Crippen molar-refractivity contribution in [1.29, 1.82) is 0 Å². The SMILES string of the molecule is CCN(CC)C(C)CNC(=O)Cn1c(-c2ccc(OC)cc2)n[nH]c1=S. The Bertz CT molecular complexity index is 765. The lowest BCUT2D eigenvalue weighted by Crippen LogP contribution is -2.42. The highest BCUT2D eigenvalue weighted by molar-refractivity contribution is 7.71. The van der Waals surface area contributed by atoms with E-state index in [1.54, 1.807) is 11.7 Å². The van der Waals surface area contributed by atoms with Crippen LogP contribution in [0.4, 0.5) is 0 Å². The molecule has 0 saturated carbocycles. The standard InChI is InChI=1S/C18H27N5O2S/c1-5-22(6-2)13(3)11-19-16(24)12-23-17(20-21-18(23)26)14-7-9-15(25-4)10-8-14/h7-10,13H,5-6,11-12H2,1-4H3,(H,19,24)(H,21,26). The van der Waals surface area contributed by atoms with Gasteiger partial charge in [0.1, 0.15) is 12.3 Å². The summed E-state index contributed by atoms with van der Waals surface area (Å²) in [5.74, 6) is 1.30. The second-order valence-electron chi connectivity index (χ2n) is 6.04. The molecule has 2 rings (SSSR count). The third-order valence-electron chi connectivity index (χ3n) is 4.44. The number of amides is 1. The van der Waals surface area contributed by atoms with Crippen molar-refractivity contribution in [2.75, 3.05) is 26.7 Å². The number of aromatic amines is 1. The van der Waals surface area contributed by atoms with E-state index >= 15 is 0 Å². The molecule has 0 aliphatic carbocycles. The van der Waals surface area contributed by atoms with Gasteiger partial charge in [-0.25, -0.2) is 0 Å². The molecule has 2 N–H and O–H groups in total. The number of rotatable bonds is 9. The zero-order valence-electron chi connectivity index (χ0n) is 15.8. The van der Waals surface area contributed by atoms with E-state index in [4.69, 9.17) is 17.0 Å². The number of methoxy groups -OCH3 is 1. The van der Waals surface area contributed by atoms with Crippen molar-refractivity contribution < 1.29 is 9.53 Å². The first-order valence-electron chi connectivity index (χ1n) is 8.80. The van der Waals surface area contributed by atoms with Gasteiger partial charge in [-0.3, -0.25) is 19.4 Å². The predicted molar refractivity (Wildman–Crippen MR) is 105 cm³/mol. The number of hydrogen-bond donors (Lipinski definition) is 2. The molecule has 1 aromatic heterocycles. The van der Waals surface area contributed by atoms with Gasteiger partial charge < -0.3 is 10.1 Å². The van der Waals surface area contributed by atoms with Crippen LogP contribution in [0.5, 0.6) is 5.75 Å². The number of H-pyrrole nitrogens is 1. The Kier molecular flexibility index (Phi) is 7.35. The molecule has 0 spiro atoms. The number of ether oxygens (including phenoxy) is 1. The first-order valence-corrected chi connectivity index (χ1v) is 9.21. The molecule has 142 valence electrons. The molecule has 1 amide bonds. The maximum absolute atomic E-state index is 12.4. The Morgan fingerprint density at radius 2 is 2.00 bits per heavy atom. The Balaban J connectivity index is 2.06. The Morgan fingerprint density at radius 3 is 2.58 bits per heavy atom. The second kappa shape index (κ2) is 9.49. The largest absolute Gasteiger partial charge is 0.497 e. The molecule has 7 nitrogen and oxygen atoms in total. The van der Waals surface area contributed by atoms with E-state index in [0.29, 0.717) is 17.1 Å². The fourth-order valence-electron chi connectivity index (χ4n) is 2.86. The van der Waals surface area contributed by atoms with Crippen LogP contribution in [-0.4, -0.2) is 58.4 Å². The summed E-state index contributed by atoms with van der Waals surface area (Å²) in [5.41, 5.74) is 0.863. The van der Waals surface area contributed by atoms with Crippen molar-refractivity contribution in [3.8, 4) is 17.1 Å². The molecule has 0 radical (unpaired) electrons. The van der Waals surface area contributed by atoms with Crippen molar-refractivity contribution in [2.45, 2.75) is 33.4 Å². The Morgan fingerprint density at radius 1 is 1.35 bits per heavy atom. The molecule has 0 saturated heterocycles. The highest BCUT2D eigenvalue weighted by atomic mass is 32.1. The van der Waals surface area contributed by atoms with Crippen LogP contribution in [0.1, 0.15) is 20.8 Å². The van der Waals surface area contributed by atoms with Crippen molar-refractivity contribution in [3.05, 3.63) is 29.0 Å². The van der Waals surface area contributed by atoms with Crippen molar-refractivity contribution in [2.24, 2.45) is 0 Å². The third kappa shape index (κ3) is 4.92. The number of aromatic nitrogens is 3. The van der Waals surface area contributed by atoms with Crippen LogP contribution in [0.2, 0.25) is 0 Å². The molecule has 2 aromatic rings. The van der Waals surface area contributed by atoms with Crippen LogP contribution in [-0.2, 0) is 11.3 Å². The quantitative estimate of drug-likeness (QED) is 0.657. The average molecular weight is 378 g/mol. The van der Waals surface area contributed by atoms with Crippen LogP contribution in [0.3, 0.4) is 0 Å². The second-order valence-corrected chi connectivity index (χ2v) is 6.43. The van der Waals surface area contributed by atoms with E-state index < -0.39 is 0 Å². The molecule has 1 atom stereocenters. The first-order chi connectivity index (χ1) is 12.5. The summed E-state index contributed by atoms with van der Waals surface area (Å²) in [4.78, 5) is 14.7. The smallest absolute Gasteiger partial charge is 0.240 e. The van der Waals surface area contributed by atoms with Gasteiger partial charge in [0.2, 0.25) is 5.91 Å². The van der Waals surface area contributed by atoms with Gasteiger partial charge in [-0.2, -0.15) is 5.10 Å². The van der Waals surface area contributed by atoms with Crippen LogP contribution in [0.15, 0.2) is 24.3 Å². The van der Waals surface area contributed by atoms with Gasteiger partial charge in [-0.15, -0.1) is 0 Å². The summed E-state index contributed by atoms with van der Waals surface area (Å²) < 4.78 is 7.30. The molecule has 26 heavy (non-hydrogen) atoms. The Hall–Kier alpha value is -2.19. The lowest BCUT2D eigenvalue weighted by Gasteiger charge is -2.26. The summed E-state index contributed by atoms with van der Waals surface area (Å²) >= 11 is 5.29. The number of nitrogens with zero attached hydrogens (tertiary/aromatic N) is 3. The van der Waals surface area contributed by atoms with Crippen molar-refractivity contribution >= 4 is 18.1 Å². The van der Waals surface area contributed by atoms with Gasteiger partial charge in [0.25, 0.3) is 0 Å². The molecule has 8 heteroatoms. The number of hydrogen-bond acceptors (Lipinski definition) is 5. The third-order valence-corrected chi connectivity index (χ3v) is 4.75. The lowest BCUT2D eigenvalue weighted by molar-refractivity contribution is -0.121. The summed E-state index contributed by atoms with van der Waals surface area (Å²) in [5, 5.41) is 10.0. The molecule has 1 heterocycles. The van der Waals surface area contributed by atoms with Crippen LogP contribution < -0.4 is 10.1 Å². The fraction of sp³-hybridized carbons (Fsp3) is 0.500. The maximum atomic E-state index is 12.4. The van der Waals surface area contributed by atoms with Gasteiger partial charge in [0.05, 0.1) is 7.11 Å². The topological polar surface area (TPSA) is 75.2 Å². The highest BCUT2D eigenvalue weighted by Crippen LogP contribution is 2.20. The van der Waals surface area contributed by atoms with Gasteiger partial charge in [0.15, 0.2) is 10.6 Å². The highest BCUT2D eigenvalue weighted by Gasteiger charge is 2.15. The number of carbonyl (C=O) groups excluding carboxylic acids is 1. The number of benzene rings is 1.